The summed E-state index contributed by atoms with van der Waals surface area (Å²) in [6, 6.07) is 13.5. The Morgan fingerprint density at radius 1 is 0.245 bits per heavy atom. The number of rotatable bonds is 78. The second kappa shape index (κ2) is 78.7. The molecule has 0 saturated carbocycles. The quantitative estimate of drug-likeness (QED) is 0.0358. The molecule has 0 spiro atoms. The summed E-state index contributed by atoms with van der Waals surface area (Å²) < 4.78 is 1.47. The summed E-state index contributed by atoms with van der Waals surface area (Å²) in [5, 5.41) is 2.87. The van der Waals surface area contributed by atoms with E-state index >= 15 is 0 Å². The van der Waals surface area contributed by atoms with Crippen LogP contribution in [0.1, 0.15) is 531 Å². The average molecular weight is 1510 g/mol. The molecule has 2 aromatic carbocycles. The van der Waals surface area contributed by atoms with E-state index < -0.39 is 0 Å². The summed E-state index contributed by atoms with van der Waals surface area (Å²) in [4.78, 5) is 0. The fourth-order valence-corrected chi connectivity index (χ4v) is 16.7. The smallest absolute Gasteiger partial charge is 0.0654 e. The molecule has 0 aliphatic carbocycles. The number of unbranched alkanes of at least 4 members (excludes halogenated alkanes) is 62. The van der Waals surface area contributed by atoms with Crippen LogP contribution in [0.4, 0.5) is 0 Å². The van der Waals surface area contributed by atoms with Gasteiger partial charge in [-0.1, -0.05) is 367 Å². The molecular weight excluding hydrogens is 1320 g/mol. The van der Waals surface area contributed by atoms with Crippen LogP contribution in [-0.2, 0) is 14.4 Å². The number of allylic oxidation sites excluding steroid dienone is 6. The number of benzene rings is 2. The first-order valence-electron chi connectivity index (χ1n) is 47.8. The van der Waals surface area contributed by atoms with E-state index in [0.717, 1.165) is 73.9 Å². The van der Waals surface area contributed by atoms with E-state index in [1.165, 1.54) is 441 Å². The predicted octanol–water partition coefficient (Wildman–Crippen LogP) is 37.9. The Kier molecular flexibility index (Phi) is 73.5. The number of hydrogen-bond acceptors (Lipinski definition) is 0. The van der Waals surface area contributed by atoms with Gasteiger partial charge in [0.15, 0.2) is 0 Å². The van der Waals surface area contributed by atoms with E-state index in [-0.39, 0.29) is 0 Å². The van der Waals surface area contributed by atoms with Gasteiger partial charge in [0.05, 0.1) is 0 Å². The molecule has 106 heavy (non-hydrogen) atoms. The zero-order valence-corrected chi connectivity index (χ0v) is 73.3. The fraction of sp³-hybridized carbons (Fsp3) is 0.767. The average Bonchev–Trinajstić information content (AvgIpc) is 1.62. The van der Waals surface area contributed by atoms with E-state index in [2.05, 4.69) is 154 Å². The van der Waals surface area contributed by atoms with Gasteiger partial charge in [-0.2, -0.15) is 0 Å². The molecule has 3 heteroatoms. The van der Waals surface area contributed by atoms with Crippen LogP contribution in [0.5, 0.6) is 0 Å². The van der Waals surface area contributed by atoms with Crippen molar-refractivity contribution in [3.05, 3.63) is 111 Å². The molecular formula is C103H180N2Ni. The number of hydrogen-bond donors (Lipinski definition) is 0. The normalized spacial score (nSPS) is 12.7. The molecule has 2 nitrogen and oxygen atoms in total. The molecule has 0 fully saturated rings. The minimum atomic E-state index is 0.860. The van der Waals surface area contributed by atoms with Crippen LogP contribution in [0.2, 0.25) is 10.8 Å². The van der Waals surface area contributed by atoms with Gasteiger partial charge in [0.25, 0.3) is 0 Å². The second-order valence-corrected chi connectivity index (χ2v) is 34.5. The molecule has 0 unspecified atom stereocenters. The second-order valence-electron chi connectivity index (χ2n) is 33.0. The first kappa shape index (κ1) is 99.1. The van der Waals surface area contributed by atoms with Crippen LogP contribution in [0.15, 0.2) is 72.4 Å². The Bertz CT molecular complexity index is 2300. The molecule has 612 valence electrons. The summed E-state index contributed by atoms with van der Waals surface area (Å²) >= 11 is 2.06. The topological polar surface area (TPSA) is 25.3 Å². The van der Waals surface area contributed by atoms with E-state index in [1.54, 1.807) is 0 Å². The van der Waals surface area contributed by atoms with Crippen LogP contribution in [-0.4, -0.2) is 4.70 Å². The summed E-state index contributed by atoms with van der Waals surface area (Å²) in [5.74, 6) is 0. The van der Waals surface area contributed by atoms with Gasteiger partial charge in [0.1, 0.15) is 0 Å². The van der Waals surface area contributed by atoms with Gasteiger partial charge in [-0.3, -0.25) is 0 Å². The Morgan fingerprint density at radius 3 is 0.726 bits per heavy atom. The van der Waals surface area contributed by atoms with Gasteiger partial charge >= 0.3 is 166 Å². The van der Waals surface area contributed by atoms with Crippen LogP contribution >= 0.6 is 0 Å². The molecule has 0 aromatic heterocycles. The van der Waals surface area contributed by atoms with E-state index in [0.29, 0.717) is 0 Å². The maximum absolute atomic E-state index is 12.0. The zero-order chi connectivity index (χ0) is 76.0. The van der Waals surface area contributed by atoms with Gasteiger partial charge in [-0.15, -0.1) is 0 Å². The molecule has 1 aliphatic rings. The fourth-order valence-electron chi connectivity index (χ4n) is 15.4. The van der Waals surface area contributed by atoms with Crippen molar-refractivity contribution in [2.24, 2.45) is 0 Å². The van der Waals surface area contributed by atoms with Crippen molar-refractivity contribution in [1.29, 1.82) is 0 Å². The molecule has 0 N–H and O–H groups in total. The monoisotopic (exact) mass is 1500 g/mol. The Morgan fingerprint density at radius 2 is 0.472 bits per heavy atom. The third-order valence-electron chi connectivity index (χ3n) is 22.4. The molecule has 0 amide bonds. The minimum absolute atomic E-state index is 0.860. The molecule has 1 aliphatic heterocycles. The first-order valence-corrected chi connectivity index (χ1v) is 49.2. The number of nitrogens with zero attached hydrogens (tertiary/aromatic N) is 2. The third kappa shape index (κ3) is 59.7. The van der Waals surface area contributed by atoms with Gasteiger partial charge in [0.2, 0.25) is 11.4 Å². The molecule has 0 atom stereocenters. The van der Waals surface area contributed by atoms with Crippen molar-refractivity contribution in [1.82, 2.24) is 0 Å². The molecule has 0 saturated heterocycles. The maximum atomic E-state index is 12.0. The van der Waals surface area contributed by atoms with E-state index in [9.17, 15) is 5.53 Å². The summed E-state index contributed by atoms with van der Waals surface area (Å²) in [5.41, 5.74) is 21.8. The molecule has 0 bridgehead atoms. The van der Waals surface area contributed by atoms with Crippen LogP contribution in [0.3, 0.4) is 0 Å². The minimum Gasteiger partial charge on any atom is -0.0654 e. The standard InChI is InChI=1S/C43H58N2.2C30H61.Ni/c1-6-11-16-21-25-35-28-36(26-22-17-12-7-2)31-40(30-35)42-34-39(27-20-15-10-5)43(45(42)44)41-32-37(23-18-13-8-3)29-38(33-41)24-19-14-9-4;2*1-3-5-7-9-11-13-15-17-19-21-23-25-27-29-30-28-26-24-22-20-18-16-14-12-10-8-6-4-2;/h18-19,21-26,28-34H,6-17,20,27H2,1-5H3;2*1,3-30H2,2H3;. The molecule has 1 heterocycles. The Labute approximate surface area is 670 Å². The predicted molar refractivity (Wildman–Crippen MR) is 480 cm³/mol. The third-order valence-corrected chi connectivity index (χ3v) is 23.8. The van der Waals surface area contributed by atoms with Gasteiger partial charge < -0.3 is 5.53 Å². The van der Waals surface area contributed by atoms with Gasteiger partial charge in [0, 0.05) is 22.8 Å². The van der Waals surface area contributed by atoms with Gasteiger partial charge in [-0.05, 0) is 97.2 Å². The van der Waals surface area contributed by atoms with Crippen LogP contribution in [0.25, 0.3) is 41.2 Å². The molecule has 0 radical (unpaired) electrons. The van der Waals surface area contributed by atoms with Crippen LogP contribution < -0.4 is 0 Å². The first-order chi connectivity index (χ1) is 52.5. The van der Waals surface area contributed by atoms with Crippen molar-refractivity contribution in [3.8, 4) is 0 Å². The Balaban J connectivity index is 0.000000750. The van der Waals surface area contributed by atoms with Crippen molar-refractivity contribution < 1.29 is 19.1 Å². The van der Waals surface area contributed by atoms with Crippen molar-refractivity contribution in [3.63, 3.8) is 0 Å². The summed E-state index contributed by atoms with van der Waals surface area (Å²) in [6.45, 7) is 15.8. The molecule has 2 aromatic rings. The molecule has 3 rings (SSSR count). The van der Waals surface area contributed by atoms with E-state index in [1.807, 2.05) is 0 Å². The SMILES string of the molecule is CCCC=Cc1cc(C=CCCC)cc(C2=C(CCCCC)C=C(c3cc(C=CCCCC)cc(C=CCCCC)c3)[N+]2=[N-])c1.CCCCCCCCCCCCCCCCCCCCCCCCCCCCC[CH2][Ni][CH2]CCCCCCCCCCCCCCCCCCCCCCCCCCCCC. The van der Waals surface area contributed by atoms with Crippen molar-refractivity contribution in [2.75, 3.05) is 0 Å². The summed E-state index contributed by atoms with van der Waals surface area (Å²) in [7, 11) is 0. The van der Waals surface area contributed by atoms with E-state index in [4.69, 9.17) is 0 Å². The van der Waals surface area contributed by atoms with Crippen molar-refractivity contribution in [2.45, 2.75) is 509 Å². The Hall–Kier alpha value is -3.03. The van der Waals surface area contributed by atoms with Gasteiger partial charge in [-0.25, -0.2) is 4.70 Å². The zero-order valence-electron chi connectivity index (χ0n) is 72.3. The van der Waals surface area contributed by atoms with Crippen LogP contribution in [0, 0.1) is 0 Å². The van der Waals surface area contributed by atoms with Crippen molar-refractivity contribution >= 4 is 35.7 Å². The summed E-state index contributed by atoms with van der Waals surface area (Å²) in [6.07, 6.45) is 119.